The highest BCUT2D eigenvalue weighted by Crippen LogP contribution is 2.26. The zero-order valence-corrected chi connectivity index (χ0v) is 10.3. The molecule has 3 rings (SSSR count). The van der Waals surface area contributed by atoms with Crippen LogP contribution < -0.4 is 10.1 Å². The summed E-state index contributed by atoms with van der Waals surface area (Å²) < 4.78 is 7.62. The lowest BCUT2D eigenvalue weighted by Gasteiger charge is -2.18. The molecular weight excluding hydrogens is 226 g/mol. The molecule has 0 amide bonds. The molecule has 0 bridgehead atoms. The van der Waals surface area contributed by atoms with Gasteiger partial charge in [-0.3, -0.25) is 4.68 Å². The van der Waals surface area contributed by atoms with Gasteiger partial charge in [0.05, 0.1) is 6.54 Å². The Morgan fingerprint density at radius 2 is 2.39 bits per heavy atom. The first kappa shape index (κ1) is 11.1. The largest absolute Gasteiger partial charge is 0.492 e. The maximum Gasteiger partial charge on any atom is 0.121 e. The molecule has 4 heteroatoms. The molecule has 1 aliphatic heterocycles. The first-order valence-electron chi connectivity index (χ1n) is 6.39. The standard InChI is InChI=1S/C14H17N3O/c1-3-12-4-5-13(11-14(12)15-6-1)18-10-9-17-8-2-7-16-17/h2,4-5,7-8,11,15H,1,3,6,9-10H2. The van der Waals surface area contributed by atoms with E-state index in [1.807, 2.05) is 16.9 Å². The molecule has 94 valence electrons. The van der Waals surface area contributed by atoms with Gasteiger partial charge in [0.25, 0.3) is 0 Å². The van der Waals surface area contributed by atoms with Crippen LogP contribution in [0.15, 0.2) is 36.7 Å². The first-order valence-corrected chi connectivity index (χ1v) is 6.39. The molecule has 0 radical (unpaired) electrons. The van der Waals surface area contributed by atoms with E-state index in [0.29, 0.717) is 6.61 Å². The van der Waals surface area contributed by atoms with Crippen LogP contribution in [0.2, 0.25) is 0 Å². The molecule has 0 atom stereocenters. The van der Waals surface area contributed by atoms with Crippen LogP contribution >= 0.6 is 0 Å². The minimum absolute atomic E-state index is 0.639. The Labute approximate surface area is 107 Å². The van der Waals surface area contributed by atoms with Crippen LogP contribution in [0.3, 0.4) is 0 Å². The minimum Gasteiger partial charge on any atom is -0.492 e. The van der Waals surface area contributed by atoms with Crippen LogP contribution in [0.5, 0.6) is 5.75 Å². The predicted molar refractivity (Wildman–Crippen MR) is 71.0 cm³/mol. The van der Waals surface area contributed by atoms with E-state index < -0.39 is 0 Å². The van der Waals surface area contributed by atoms with Crippen molar-refractivity contribution in [3.63, 3.8) is 0 Å². The molecule has 2 heterocycles. The van der Waals surface area contributed by atoms with Gasteiger partial charge in [0.2, 0.25) is 0 Å². The number of benzene rings is 1. The fraction of sp³-hybridized carbons (Fsp3) is 0.357. The van der Waals surface area contributed by atoms with Gasteiger partial charge in [-0.25, -0.2) is 0 Å². The van der Waals surface area contributed by atoms with Crippen molar-refractivity contribution in [2.75, 3.05) is 18.5 Å². The van der Waals surface area contributed by atoms with Crippen LogP contribution in [0.4, 0.5) is 5.69 Å². The van der Waals surface area contributed by atoms with Crippen molar-refractivity contribution >= 4 is 5.69 Å². The van der Waals surface area contributed by atoms with E-state index in [1.54, 1.807) is 6.20 Å². The van der Waals surface area contributed by atoms with Gasteiger partial charge < -0.3 is 10.1 Å². The zero-order chi connectivity index (χ0) is 12.2. The summed E-state index contributed by atoms with van der Waals surface area (Å²) in [7, 11) is 0. The van der Waals surface area contributed by atoms with Crippen molar-refractivity contribution in [1.82, 2.24) is 9.78 Å². The number of aryl methyl sites for hydroxylation is 1. The van der Waals surface area contributed by atoms with Gasteiger partial charge in [0.15, 0.2) is 0 Å². The Bertz CT molecular complexity index is 508. The number of nitrogens with one attached hydrogen (secondary N) is 1. The average molecular weight is 243 g/mol. The highest BCUT2D eigenvalue weighted by Gasteiger charge is 2.08. The third-order valence-corrected chi connectivity index (χ3v) is 3.17. The summed E-state index contributed by atoms with van der Waals surface area (Å²) in [4.78, 5) is 0. The van der Waals surface area contributed by atoms with Crippen LogP contribution in [-0.2, 0) is 13.0 Å². The molecule has 0 aliphatic carbocycles. The van der Waals surface area contributed by atoms with Crippen molar-refractivity contribution in [2.45, 2.75) is 19.4 Å². The molecule has 0 unspecified atom stereocenters. The molecule has 2 aromatic rings. The van der Waals surface area contributed by atoms with E-state index in [-0.39, 0.29) is 0 Å². The molecule has 18 heavy (non-hydrogen) atoms. The number of rotatable bonds is 4. The fourth-order valence-corrected chi connectivity index (χ4v) is 2.22. The fourth-order valence-electron chi connectivity index (χ4n) is 2.22. The quantitative estimate of drug-likeness (QED) is 0.895. The summed E-state index contributed by atoms with van der Waals surface area (Å²) in [6, 6.07) is 8.22. The zero-order valence-electron chi connectivity index (χ0n) is 10.3. The van der Waals surface area contributed by atoms with E-state index in [2.05, 4.69) is 28.6 Å². The van der Waals surface area contributed by atoms with Gasteiger partial charge in [-0.05, 0) is 30.5 Å². The molecule has 0 fully saturated rings. The maximum atomic E-state index is 5.74. The Morgan fingerprint density at radius 3 is 3.28 bits per heavy atom. The van der Waals surface area contributed by atoms with Gasteiger partial charge in [-0.2, -0.15) is 5.10 Å². The van der Waals surface area contributed by atoms with E-state index in [9.17, 15) is 0 Å². The number of hydrogen-bond acceptors (Lipinski definition) is 3. The molecule has 1 aromatic heterocycles. The molecule has 1 aromatic carbocycles. The highest BCUT2D eigenvalue weighted by atomic mass is 16.5. The molecule has 1 aliphatic rings. The second kappa shape index (κ2) is 5.12. The van der Waals surface area contributed by atoms with Crippen molar-refractivity contribution in [3.8, 4) is 5.75 Å². The Morgan fingerprint density at radius 1 is 1.39 bits per heavy atom. The second-order valence-corrected chi connectivity index (χ2v) is 4.47. The number of hydrogen-bond donors (Lipinski definition) is 1. The SMILES string of the molecule is c1cnn(CCOc2ccc3c(c2)NCCC3)c1. The smallest absolute Gasteiger partial charge is 0.121 e. The molecular formula is C14H17N3O. The van der Waals surface area contributed by atoms with Gasteiger partial charge in [-0.15, -0.1) is 0 Å². The highest BCUT2D eigenvalue weighted by molar-refractivity contribution is 5.56. The van der Waals surface area contributed by atoms with Gasteiger partial charge >= 0.3 is 0 Å². The number of ether oxygens (including phenoxy) is 1. The lowest BCUT2D eigenvalue weighted by Crippen LogP contribution is -2.12. The lowest BCUT2D eigenvalue weighted by molar-refractivity contribution is 0.291. The summed E-state index contributed by atoms with van der Waals surface area (Å²) >= 11 is 0. The summed E-state index contributed by atoms with van der Waals surface area (Å²) in [6.45, 7) is 2.47. The van der Waals surface area contributed by atoms with Gasteiger partial charge in [-0.1, -0.05) is 6.07 Å². The summed E-state index contributed by atoms with van der Waals surface area (Å²) in [6.07, 6.45) is 6.10. The molecule has 0 saturated carbocycles. The number of aromatic nitrogens is 2. The van der Waals surface area contributed by atoms with Crippen molar-refractivity contribution in [3.05, 3.63) is 42.2 Å². The van der Waals surface area contributed by atoms with Crippen molar-refractivity contribution < 1.29 is 4.74 Å². The summed E-state index contributed by atoms with van der Waals surface area (Å²) in [5, 5.41) is 7.55. The normalized spacial score (nSPS) is 13.8. The lowest BCUT2D eigenvalue weighted by atomic mass is 10.0. The summed E-state index contributed by atoms with van der Waals surface area (Å²) in [5.41, 5.74) is 2.61. The third kappa shape index (κ3) is 2.47. The van der Waals surface area contributed by atoms with Crippen LogP contribution in [0.1, 0.15) is 12.0 Å². The topological polar surface area (TPSA) is 39.1 Å². The van der Waals surface area contributed by atoms with E-state index in [1.165, 1.54) is 17.7 Å². The third-order valence-electron chi connectivity index (χ3n) is 3.17. The second-order valence-electron chi connectivity index (χ2n) is 4.47. The molecule has 0 spiro atoms. The first-order chi connectivity index (χ1) is 8.92. The Kier molecular flexibility index (Phi) is 3.17. The Balaban J connectivity index is 1.59. The van der Waals surface area contributed by atoms with Crippen molar-refractivity contribution in [1.29, 1.82) is 0 Å². The van der Waals surface area contributed by atoms with Gasteiger partial charge in [0, 0.05) is 30.7 Å². The van der Waals surface area contributed by atoms with Crippen LogP contribution in [0, 0.1) is 0 Å². The van der Waals surface area contributed by atoms with Crippen LogP contribution in [0.25, 0.3) is 0 Å². The number of anilines is 1. The average Bonchev–Trinajstić information content (AvgIpc) is 2.92. The molecule has 0 saturated heterocycles. The van der Waals surface area contributed by atoms with Gasteiger partial charge in [0.1, 0.15) is 12.4 Å². The van der Waals surface area contributed by atoms with E-state index >= 15 is 0 Å². The minimum atomic E-state index is 0.639. The predicted octanol–water partition coefficient (Wildman–Crippen LogP) is 2.32. The van der Waals surface area contributed by atoms with E-state index in [0.717, 1.165) is 25.3 Å². The maximum absolute atomic E-state index is 5.74. The molecule has 1 N–H and O–H groups in total. The number of fused-ring (bicyclic) bond motifs is 1. The molecule has 4 nitrogen and oxygen atoms in total. The monoisotopic (exact) mass is 243 g/mol. The Hall–Kier alpha value is -1.97. The number of nitrogens with zero attached hydrogens (tertiary/aromatic N) is 2. The van der Waals surface area contributed by atoms with E-state index in [4.69, 9.17) is 4.74 Å². The van der Waals surface area contributed by atoms with Crippen LogP contribution in [-0.4, -0.2) is 22.9 Å². The van der Waals surface area contributed by atoms with Crippen molar-refractivity contribution in [2.24, 2.45) is 0 Å². The summed E-state index contributed by atoms with van der Waals surface area (Å²) in [5.74, 6) is 0.926.